The molecule has 0 fully saturated rings. The second-order valence-electron chi connectivity index (χ2n) is 1.30. The highest BCUT2D eigenvalue weighted by Gasteiger charge is 1.90. The van der Waals surface area contributed by atoms with Crippen molar-refractivity contribution in [3.8, 4) is 0 Å². The summed E-state index contributed by atoms with van der Waals surface area (Å²) >= 11 is 8.64. The third-order valence-corrected chi connectivity index (χ3v) is 1.45. The zero-order valence-electron chi connectivity index (χ0n) is 4.51. The van der Waals surface area contributed by atoms with Crippen LogP contribution >= 0.6 is 24.8 Å². The van der Waals surface area contributed by atoms with Crippen molar-refractivity contribution in [3.63, 3.8) is 0 Å². The molecule has 0 spiro atoms. The van der Waals surface area contributed by atoms with Crippen molar-refractivity contribution in [1.82, 2.24) is 4.90 Å². The number of hydrogen-bond acceptors (Lipinski definition) is 1. The van der Waals surface area contributed by atoms with Crippen molar-refractivity contribution in [3.05, 3.63) is 0 Å². The fourth-order valence-electron chi connectivity index (χ4n) is 0.135. The molecule has 0 aromatic rings. The second-order valence-corrected chi connectivity index (χ2v) is 2.41. The lowest BCUT2D eigenvalue weighted by atomic mass is 10.7. The molecule has 0 aliphatic heterocycles. The summed E-state index contributed by atoms with van der Waals surface area (Å²) in [4.78, 5) is 1.89. The number of thiocarbonyl (C=S) groups is 1. The van der Waals surface area contributed by atoms with Crippen molar-refractivity contribution < 1.29 is 0 Å². The fourth-order valence-corrected chi connectivity index (χ4v) is 0.406. The largest absolute Gasteiger partial charge is 0.361 e. The maximum Gasteiger partial charge on any atom is 0.316 e. The summed E-state index contributed by atoms with van der Waals surface area (Å²) in [6.45, 7) is 2.96. The number of rotatable bonds is 1. The van der Waals surface area contributed by atoms with E-state index in [1.54, 1.807) is 0 Å². The van der Waals surface area contributed by atoms with Gasteiger partial charge in [0.25, 0.3) is 0 Å². The fraction of sp³-hybridized carbons (Fsp3) is 0.750. The summed E-state index contributed by atoms with van der Waals surface area (Å²) in [5, 5.41) is 0. The van der Waals surface area contributed by atoms with Gasteiger partial charge in [-0.15, -0.1) is 12.6 Å². The normalized spacial score (nSPS) is 7.38. The minimum Gasteiger partial charge on any atom is -0.361 e. The van der Waals surface area contributed by atoms with E-state index in [1.165, 1.54) is 0 Å². The Morgan fingerprint density at radius 3 is 2.12 bits per heavy atom. The highest BCUT2D eigenvalue weighted by Crippen LogP contribution is 1.89. The van der Waals surface area contributed by atoms with Gasteiger partial charge in [0, 0.05) is 13.6 Å². The molecule has 0 saturated heterocycles. The molecule has 0 bridgehead atoms. The van der Waals surface area contributed by atoms with Crippen LogP contribution in [0.15, 0.2) is 0 Å². The molecule has 0 saturated carbocycles. The molecule has 0 atom stereocenters. The first-order valence-electron chi connectivity index (χ1n) is 2.12. The summed E-state index contributed by atoms with van der Waals surface area (Å²) in [5.74, 6) is 0. The molecule has 0 aromatic heterocycles. The van der Waals surface area contributed by atoms with Gasteiger partial charge in [0.15, 0.2) is 0 Å². The highest BCUT2D eigenvalue weighted by atomic mass is 32.1. The average molecular weight is 162 g/mol. The first-order valence-corrected chi connectivity index (χ1v) is 2.98. The zero-order valence-corrected chi connectivity index (χ0v) is 6.22. The van der Waals surface area contributed by atoms with Crippen LogP contribution in [0.1, 0.15) is 6.92 Å². The van der Waals surface area contributed by atoms with E-state index < -0.39 is 0 Å². The molecule has 0 amide bonds. The van der Waals surface area contributed by atoms with E-state index in [0.29, 0.717) is 4.32 Å². The predicted molar refractivity (Wildman–Crippen MR) is 48.4 cm³/mol. The minimum atomic E-state index is 0. The van der Waals surface area contributed by atoms with E-state index in [-0.39, 0.29) is 23.1 Å². The predicted octanol–water partition coefficient (Wildman–Crippen LogP) is 0.237. The molecule has 8 heavy (non-hydrogen) atoms. The Balaban J connectivity index is 0. The van der Waals surface area contributed by atoms with Crippen LogP contribution in [0.2, 0.25) is 0 Å². The van der Waals surface area contributed by atoms with Gasteiger partial charge in [-0.1, -0.05) is 12.2 Å². The van der Waals surface area contributed by atoms with Crippen molar-refractivity contribution in [2.75, 3.05) is 13.6 Å². The van der Waals surface area contributed by atoms with Gasteiger partial charge >= 0.3 is 23.1 Å². The molecule has 0 aliphatic rings. The second kappa shape index (κ2) is 6.13. The molecule has 0 aromatic carbocycles. The summed E-state index contributed by atoms with van der Waals surface area (Å²) < 4.78 is 0.655. The van der Waals surface area contributed by atoms with E-state index >= 15 is 0 Å². The molecule has 4 heteroatoms. The van der Waals surface area contributed by atoms with Gasteiger partial charge < -0.3 is 4.90 Å². The maximum absolute atomic E-state index is 4.71. The SMILES string of the molecule is CCN(C)C(=S)S.[MgH2]. The van der Waals surface area contributed by atoms with Gasteiger partial charge in [0.05, 0.1) is 0 Å². The molecule has 0 unspecified atom stereocenters. The van der Waals surface area contributed by atoms with Crippen molar-refractivity contribution in [2.24, 2.45) is 0 Å². The summed E-state index contributed by atoms with van der Waals surface area (Å²) in [7, 11) is 1.91. The third kappa shape index (κ3) is 5.15. The van der Waals surface area contributed by atoms with Gasteiger partial charge in [-0.05, 0) is 6.92 Å². The average Bonchev–Trinajstić information content (AvgIpc) is 1.65. The van der Waals surface area contributed by atoms with Gasteiger partial charge in [-0.3, -0.25) is 0 Å². The molecular formula is C4H11MgNS2. The van der Waals surface area contributed by atoms with Crippen LogP contribution in [0.25, 0.3) is 0 Å². The van der Waals surface area contributed by atoms with Crippen LogP contribution < -0.4 is 0 Å². The van der Waals surface area contributed by atoms with E-state index in [0.717, 1.165) is 6.54 Å². The topological polar surface area (TPSA) is 3.24 Å². The van der Waals surface area contributed by atoms with Crippen LogP contribution in [0.3, 0.4) is 0 Å². The molecule has 0 rings (SSSR count). The quantitative estimate of drug-likeness (QED) is 0.333. The third-order valence-electron chi connectivity index (χ3n) is 0.801. The van der Waals surface area contributed by atoms with E-state index in [9.17, 15) is 0 Å². The smallest absolute Gasteiger partial charge is 0.316 e. The standard InChI is InChI=1S/C4H9NS2.Mg.2H/c1-3-5(2)4(6)7;;;/h3H2,1-2H3,(H,6,7);;;. The number of thiol groups is 1. The van der Waals surface area contributed by atoms with Crippen LogP contribution in [0.5, 0.6) is 0 Å². The van der Waals surface area contributed by atoms with E-state index in [4.69, 9.17) is 12.2 Å². The molecule has 46 valence electrons. The summed E-state index contributed by atoms with van der Waals surface area (Å²) in [6, 6.07) is 0. The van der Waals surface area contributed by atoms with Gasteiger partial charge in [0.2, 0.25) is 0 Å². The first kappa shape index (κ1) is 11.8. The van der Waals surface area contributed by atoms with E-state index in [1.807, 2.05) is 18.9 Å². The number of hydrogen-bond donors (Lipinski definition) is 1. The Hall–Kier alpha value is 1.01. The van der Waals surface area contributed by atoms with Crippen LogP contribution in [-0.4, -0.2) is 45.9 Å². The van der Waals surface area contributed by atoms with Crippen LogP contribution in [-0.2, 0) is 0 Å². The lowest BCUT2D eigenvalue weighted by Crippen LogP contribution is -2.19. The Kier molecular flexibility index (Phi) is 9.01. The van der Waals surface area contributed by atoms with Gasteiger partial charge in [0.1, 0.15) is 4.32 Å². The minimum absolute atomic E-state index is 0. The first-order chi connectivity index (χ1) is 3.18. The molecule has 0 N–H and O–H groups in total. The van der Waals surface area contributed by atoms with Crippen LogP contribution in [0, 0.1) is 0 Å². The molecule has 1 nitrogen and oxygen atoms in total. The molecular weight excluding hydrogens is 150 g/mol. The van der Waals surface area contributed by atoms with Crippen molar-refractivity contribution in [2.45, 2.75) is 6.92 Å². The highest BCUT2D eigenvalue weighted by molar-refractivity contribution is 8.10. The lowest BCUT2D eigenvalue weighted by molar-refractivity contribution is 0.555. The van der Waals surface area contributed by atoms with Gasteiger partial charge in [-0.2, -0.15) is 0 Å². The van der Waals surface area contributed by atoms with Gasteiger partial charge in [-0.25, -0.2) is 0 Å². The summed E-state index contributed by atoms with van der Waals surface area (Å²) in [6.07, 6.45) is 0. The number of nitrogens with zero attached hydrogens (tertiary/aromatic N) is 1. The lowest BCUT2D eigenvalue weighted by Gasteiger charge is -2.11. The van der Waals surface area contributed by atoms with E-state index in [2.05, 4.69) is 12.6 Å². The summed E-state index contributed by atoms with van der Waals surface area (Å²) in [5.41, 5.74) is 0. The Morgan fingerprint density at radius 1 is 1.75 bits per heavy atom. The molecule has 0 aliphatic carbocycles. The molecule has 0 heterocycles. The van der Waals surface area contributed by atoms with Crippen molar-refractivity contribution >= 4 is 52.2 Å². The van der Waals surface area contributed by atoms with Crippen LogP contribution in [0.4, 0.5) is 0 Å². The Bertz CT molecular complexity index is 76.4. The Morgan fingerprint density at radius 2 is 2.12 bits per heavy atom. The van der Waals surface area contributed by atoms with Crippen molar-refractivity contribution in [1.29, 1.82) is 0 Å². The monoisotopic (exact) mass is 161 g/mol. The Labute approximate surface area is 77.4 Å². The zero-order chi connectivity index (χ0) is 5.86. The maximum atomic E-state index is 4.71. The molecule has 0 radical (unpaired) electrons.